The number of hydrogen-bond acceptors (Lipinski definition) is 6. The van der Waals surface area contributed by atoms with Crippen LogP contribution in [0.3, 0.4) is 0 Å². The summed E-state index contributed by atoms with van der Waals surface area (Å²) in [4.78, 5) is 46.2. The summed E-state index contributed by atoms with van der Waals surface area (Å²) in [6.45, 7) is 2.98. The zero-order valence-electron chi connectivity index (χ0n) is 26.9. The summed E-state index contributed by atoms with van der Waals surface area (Å²) in [7, 11) is 0. The van der Waals surface area contributed by atoms with Gasteiger partial charge in [-0.15, -0.1) is 0 Å². The second-order valence-corrected chi connectivity index (χ2v) is 7.77. The van der Waals surface area contributed by atoms with E-state index < -0.39 is 23.6 Å². The third kappa shape index (κ3) is 21.9. The molecule has 8 nitrogen and oxygen atoms in total. The lowest BCUT2D eigenvalue weighted by atomic mass is 10.5. The number of imide groups is 2. The molecular weight excluding hydrogens is 661 g/mol. The lowest BCUT2D eigenvalue weighted by Crippen LogP contribution is -2.44. The minimum absolute atomic E-state index is 0.0150. The minimum atomic E-state index is -0.521. The van der Waals surface area contributed by atoms with Crippen LogP contribution in [-0.4, -0.2) is 40.1 Å². The van der Waals surface area contributed by atoms with Crippen LogP contribution in [0.1, 0.15) is 0 Å². The molecular formula is C45H12N4O4. The van der Waals surface area contributed by atoms with Gasteiger partial charge in [0, 0.05) is 116 Å². The smallest absolute Gasteiger partial charge is 0.255 e. The Labute approximate surface area is 301 Å². The Kier molecular flexibility index (Phi) is 21.4. The molecule has 53 heavy (non-hydrogen) atoms. The van der Waals surface area contributed by atoms with Crippen LogP contribution in [-0.2, 0) is 19.2 Å². The van der Waals surface area contributed by atoms with E-state index in [1.165, 1.54) is 0 Å². The second kappa shape index (κ2) is 27.9. The Morgan fingerprint density at radius 3 is 0.755 bits per heavy atom. The van der Waals surface area contributed by atoms with Crippen molar-refractivity contribution in [2.45, 2.75) is 0 Å². The first-order valence-corrected chi connectivity index (χ1v) is 13.6. The largest absolute Gasteiger partial charge is 0.379 e. The van der Waals surface area contributed by atoms with Crippen LogP contribution < -0.4 is 11.5 Å². The fourth-order valence-electron chi connectivity index (χ4n) is 2.37. The average molecular weight is 673 g/mol. The van der Waals surface area contributed by atoms with Crippen molar-refractivity contribution in [3.05, 3.63) is 232 Å². The van der Waals surface area contributed by atoms with Crippen molar-refractivity contribution in [3.63, 3.8) is 0 Å². The molecule has 4 N–H and O–H groups in total. The number of amides is 4. The van der Waals surface area contributed by atoms with Crippen molar-refractivity contribution in [1.82, 2.24) is 9.80 Å². The first-order valence-electron chi connectivity index (χ1n) is 13.6. The van der Waals surface area contributed by atoms with Crippen molar-refractivity contribution in [2.24, 2.45) is 11.5 Å². The lowest BCUT2D eigenvalue weighted by molar-refractivity contribution is -0.145. The van der Waals surface area contributed by atoms with Gasteiger partial charge in [0.05, 0.1) is 0 Å². The van der Waals surface area contributed by atoms with Crippen molar-refractivity contribution in [1.29, 1.82) is 0 Å². The van der Waals surface area contributed by atoms with E-state index in [9.17, 15) is 19.2 Å². The Morgan fingerprint density at radius 1 is 0.377 bits per heavy atom. The lowest BCUT2D eigenvalue weighted by Gasteiger charge is -2.20. The molecule has 0 saturated heterocycles. The second-order valence-electron chi connectivity index (χ2n) is 7.77. The van der Waals surface area contributed by atoms with Gasteiger partial charge >= 0.3 is 0 Å². The van der Waals surface area contributed by atoms with Gasteiger partial charge in [-0.1, -0.05) is 5.73 Å². The van der Waals surface area contributed by atoms with Crippen LogP contribution in [0.15, 0.2) is 232 Å². The van der Waals surface area contributed by atoms with E-state index in [0.29, 0.717) is 0 Å². The van der Waals surface area contributed by atoms with Gasteiger partial charge < -0.3 is 11.5 Å². The third-order valence-electron chi connectivity index (χ3n) is 4.32. The van der Waals surface area contributed by atoms with Crippen molar-refractivity contribution < 1.29 is 19.2 Å². The molecule has 236 valence electrons. The predicted octanol–water partition coefficient (Wildman–Crippen LogP) is 3.44. The van der Waals surface area contributed by atoms with Gasteiger partial charge in [0.25, 0.3) is 23.6 Å². The maximum Gasteiger partial charge on any atom is 0.255 e. The fourth-order valence-corrected chi connectivity index (χ4v) is 2.37. The molecule has 8 heteroatoms. The monoisotopic (exact) mass is 672 g/mol. The van der Waals surface area contributed by atoms with E-state index >= 15 is 0 Å². The molecule has 0 bridgehead atoms. The highest BCUT2D eigenvalue weighted by Gasteiger charge is 2.31. The highest BCUT2D eigenvalue weighted by molar-refractivity contribution is 6.15. The first kappa shape index (κ1) is 40.6. The molecule has 0 aromatic heterocycles. The molecule has 4 amide bonds. The zero-order valence-corrected chi connectivity index (χ0v) is 26.9. The molecule has 2 aliphatic rings. The van der Waals surface area contributed by atoms with Gasteiger partial charge in [0.15, 0.2) is 0 Å². The van der Waals surface area contributed by atoms with E-state index in [2.05, 4.69) is 201 Å². The van der Waals surface area contributed by atoms with Crippen LogP contribution >= 0.6 is 0 Å². The normalized spacial score (nSPS) is 8.68. The summed E-state index contributed by atoms with van der Waals surface area (Å²) < 4.78 is 0. The molecule has 0 radical (unpaired) electrons. The van der Waals surface area contributed by atoms with Gasteiger partial charge in [0.1, 0.15) is 12.5 Å². The maximum atomic E-state index is 11.1. The van der Waals surface area contributed by atoms with E-state index in [0.717, 1.165) is 34.1 Å². The van der Waals surface area contributed by atoms with Gasteiger partial charge in [-0.05, 0) is 104 Å². The van der Waals surface area contributed by atoms with Crippen LogP contribution in [0, 0.1) is 0 Å². The summed E-state index contributed by atoms with van der Waals surface area (Å²) in [6, 6.07) is 0. The van der Waals surface area contributed by atoms with Crippen molar-refractivity contribution >= 4 is 23.6 Å². The van der Waals surface area contributed by atoms with Crippen molar-refractivity contribution in [3.8, 4) is 0 Å². The maximum absolute atomic E-state index is 11.1. The highest BCUT2D eigenvalue weighted by Crippen LogP contribution is 2.09. The standard InChI is InChI=1S/C36H6N2.C9H6N2O4/c1-2-3-4-5-6-7-8-9-10-11-12-13-14-15-16-17-18-19-20-21-22-23-24-25-26-27-28-29-30-31-32-33-34-35-36(37)38;12-6-1-2-7(13)10(6)5-11-8(14)3-4-9(11)15/h1,37-38H2;1-4H,5H2. The number of hydrogen-bond donors (Lipinski definition) is 2. The van der Waals surface area contributed by atoms with Gasteiger partial charge in [-0.2, -0.15) is 0 Å². The Bertz CT molecular complexity index is 3030. The Balaban J connectivity index is 0.000000765. The van der Waals surface area contributed by atoms with Crippen molar-refractivity contribution in [2.75, 3.05) is 6.67 Å². The van der Waals surface area contributed by atoms with Gasteiger partial charge in [0.2, 0.25) is 0 Å². The molecule has 0 spiro atoms. The summed E-state index contributed by atoms with van der Waals surface area (Å²) in [5, 5.41) is 0. The number of nitrogens with two attached hydrogens (primary N) is 2. The molecule has 0 aliphatic carbocycles. The molecule has 2 aliphatic heterocycles. The molecule has 0 aromatic carbocycles. The Hall–Kier alpha value is -10.4. The van der Waals surface area contributed by atoms with E-state index in [1.807, 2.05) is 0 Å². The molecule has 0 fully saturated rings. The summed E-state index contributed by atoms with van der Waals surface area (Å²) in [5.74, 6) is -2.10. The number of carbonyl (C=O) groups is 4. The predicted molar refractivity (Wildman–Crippen MR) is 184 cm³/mol. The average Bonchev–Trinajstić information content (AvgIpc) is 3.64. The third-order valence-corrected chi connectivity index (χ3v) is 4.32. The summed E-state index contributed by atoms with van der Waals surface area (Å²) in [5.41, 5.74) is 94.4. The molecule has 0 unspecified atom stereocenters. The molecule has 0 atom stereocenters. The molecule has 2 rings (SSSR count). The molecule has 2 heterocycles. The zero-order chi connectivity index (χ0) is 38.6. The topological polar surface area (TPSA) is 127 Å². The highest BCUT2D eigenvalue weighted by atomic mass is 16.2. The van der Waals surface area contributed by atoms with Gasteiger partial charge in [-0.25, -0.2) is 0 Å². The number of rotatable bonds is 2. The summed E-state index contributed by atoms with van der Waals surface area (Å²) in [6.07, 6.45) is 4.39. The van der Waals surface area contributed by atoms with Gasteiger partial charge in [-0.3, -0.25) is 29.0 Å². The van der Waals surface area contributed by atoms with Crippen LogP contribution in [0.4, 0.5) is 0 Å². The van der Waals surface area contributed by atoms with E-state index in [-0.39, 0.29) is 12.5 Å². The number of nitrogens with zero attached hydrogens (tertiary/aromatic N) is 2. The first-order chi connectivity index (χ1) is 25.9. The van der Waals surface area contributed by atoms with Crippen LogP contribution in [0.25, 0.3) is 0 Å². The Morgan fingerprint density at radius 2 is 0.566 bits per heavy atom. The fraction of sp³-hybridized carbons (Fsp3) is 0.0222. The number of carbonyl (C=O) groups excluding carboxylic acids is 4. The summed E-state index contributed by atoms with van der Waals surface area (Å²) >= 11 is 0. The SMILES string of the molecule is C=C=C=C=C=C=C=C=C=C=C=C=C=C=C=C=C=C=C=C=C=C=C=C=C=C=C=C=C=C=C=C=C=C=C=C(N)N.O=C1C=CC(=O)N1CN1C(=O)C=CC1=O. The quantitative estimate of drug-likeness (QED) is 0.342. The van der Waals surface area contributed by atoms with Crippen LogP contribution in [0.2, 0.25) is 0 Å². The van der Waals surface area contributed by atoms with E-state index in [4.69, 9.17) is 11.5 Å². The molecule has 0 saturated carbocycles. The minimum Gasteiger partial charge on any atom is -0.379 e. The van der Waals surface area contributed by atoms with E-state index in [1.54, 1.807) is 0 Å². The van der Waals surface area contributed by atoms with Crippen LogP contribution in [0.5, 0.6) is 0 Å². The molecule has 0 aromatic rings.